The SMILES string of the molecule is C=C(/C=C\C(=C/C)c1cccc(CO)c1)CCC(=O)NC(=C)C(C=C/C=C\C)C(=O)O. The van der Waals surface area contributed by atoms with Gasteiger partial charge in [0.2, 0.25) is 5.91 Å². The molecule has 1 amide bonds. The number of benzene rings is 1. The van der Waals surface area contributed by atoms with Crippen LogP contribution in [-0.4, -0.2) is 22.1 Å². The summed E-state index contributed by atoms with van der Waals surface area (Å²) < 4.78 is 0. The second-order valence-corrected chi connectivity index (χ2v) is 6.89. The van der Waals surface area contributed by atoms with Crippen LogP contribution in [0.25, 0.3) is 5.57 Å². The van der Waals surface area contributed by atoms with E-state index in [0.717, 1.165) is 22.3 Å². The van der Waals surface area contributed by atoms with Gasteiger partial charge in [0.15, 0.2) is 0 Å². The standard InChI is InChI=1S/C26H31NO4/c1-5-7-8-12-24(26(30)31)20(4)27-25(29)16-14-19(3)13-15-22(6-2)23-11-9-10-21(17-23)18-28/h5-13,15,17,24,28H,3-4,14,16,18H2,1-2H3,(H,27,29)(H,30,31)/b7-5-,12-8?,15-13-,22-6+. The maximum Gasteiger partial charge on any atom is 0.316 e. The van der Waals surface area contributed by atoms with Gasteiger partial charge in [0.1, 0.15) is 5.92 Å². The number of nitrogens with one attached hydrogen (secondary N) is 1. The number of rotatable bonds is 12. The minimum atomic E-state index is -1.08. The molecule has 0 aromatic heterocycles. The number of amides is 1. The van der Waals surface area contributed by atoms with Gasteiger partial charge in [-0.25, -0.2) is 0 Å². The molecule has 0 bridgehead atoms. The van der Waals surface area contributed by atoms with E-state index >= 15 is 0 Å². The van der Waals surface area contributed by atoms with Crippen molar-refractivity contribution in [2.45, 2.75) is 33.3 Å². The fourth-order valence-electron chi connectivity index (χ4n) is 2.73. The van der Waals surface area contributed by atoms with Crippen molar-refractivity contribution in [3.63, 3.8) is 0 Å². The summed E-state index contributed by atoms with van der Waals surface area (Å²) in [5.41, 5.74) is 3.69. The van der Waals surface area contributed by atoms with Gasteiger partial charge in [-0.05, 0) is 43.0 Å². The zero-order valence-corrected chi connectivity index (χ0v) is 18.2. The van der Waals surface area contributed by atoms with Crippen molar-refractivity contribution in [1.82, 2.24) is 5.32 Å². The lowest BCUT2D eigenvalue weighted by molar-refractivity contribution is -0.139. The number of carbonyl (C=O) groups is 2. The Morgan fingerprint density at radius 1 is 1.13 bits per heavy atom. The predicted octanol–water partition coefficient (Wildman–Crippen LogP) is 4.94. The van der Waals surface area contributed by atoms with E-state index in [-0.39, 0.29) is 24.6 Å². The highest BCUT2D eigenvalue weighted by molar-refractivity contribution is 5.82. The Labute approximate surface area is 184 Å². The molecule has 0 spiro atoms. The molecule has 0 saturated heterocycles. The molecule has 1 rings (SSSR count). The van der Waals surface area contributed by atoms with Gasteiger partial charge in [-0.2, -0.15) is 0 Å². The van der Waals surface area contributed by atoms with Crippen molar-refractivity contribution in [3.8, 4) is 0 Å². The van der Waals surface area contributed by atoms with Gasteiger partial charge in [-0.3, -0.25) is 9.59 Å². The number of carboxylic acid groups (broad SMARTS) is 1. The second-order valence-electron chi connectivity index (χ2n) is 6.89. The van der Waals surface area contributed by atoms with Crippen molar-refractivity contribution >= 4 is 17.4 Å². The molecule has 1 aromatic carbocycles. The Morgan fingerprint density at radius 2 is 1.87 bits per heavy atom. The summed E-state index contributed by atoms with van der Waals surface area (Å²) in [4.78, 5) is 23.6. The molecular weight excluding hydrogens is 390 g/mol. The van der Waals surface area contributed by atoms with Crippen molar-refractivity contribution < 1.29 is 19.8 Å². The van der Waals surface area contributed by atoms with Crippen molar-refractivity contribution in [3.05, 3.63) is 102 Å². The summed E-state index contributed by atoms with van der Waals surface area (Å²) in [5.74, 6) is -2.38. The zero-order chi connectivity index (χ0) is 23.2. The van der Waals surface area contributed by atoms with Gasteiger partial charge < -0.3 is 15.5 Å². The van der Waals surface area contributed by atoms with Crippen molar-refractivity contribution in [2.24, 2.45) is 5.92 Å². The van der Waals surface area contributed by atoms with E-state index in [2.05, 4.69) is 18.5 Å². The molecule has 1 atom stereocenters. The third-order valence-corrected chi connectivity index (χ3v) is 4.47. The fourth-order valence-corrected chi connectivity index (χ4v) is 2.73. The van der Waals surface area contributed by atoms with E-state index in [1.807, 2.05) is 56.3 Å². The molecule has 3 N–H and O–H groups in total. The highest BCUT2D eigenvalue weighted by Gasteiger charge is 2.19. The van der Waals surface area contributed by atoms with Crippen LogP contribution in [0.3, 0.4) is 0 Å². The average molecular weight is 422 g/mol. The Bertz CT molecular complexity index is 919. The quantitative estimate of drug-likeness (QED) is 0.417. The van der Waals surface area contributed by atoms with Gasteiger partial charge in [0.25, 0.3) is 0 Å². The van der Waals surface area contributed by atoms with Gasteiger partial charge in [-0.1, -0.05) is 79.5 Å². The van der Waals surface area contributed by atoms with Crippen molar-refractivity contribution in [2.75, 3.05) is 0 Å². The minimum absolute atomic E-state index is 0.0184. The lowest BCUT2D eigenvalue weighted by atomic mass is 10.0. The highest BCUT2D eigenvalue weighted by atomic mass is 16.4. The maximum absolute atomic E-state index is 12.2. The predicted molar refractivity (Wildman–Crippen MR) is 126 cm³/mol. The molecule has 5 heteroatoms. The number of carboxylic acids is 1. The van der Waals surface area contributed by atoms with Crippen LogP contribution in [0.5, 0.6) is 0 Å². The van der Waals surface area contributed by atoms with E-state index in [1.165, 1.54) is 6.08 Å². The van der Waals surface area contributed by atoms with Gasteiger partial charge >= 0.3 is 5.97 Å². The number of hydrogen-bond donors (Lipinski definition) is 3. The molecule has 0 aliphatic rings. The lowest BCUT2D eigenvalue weighted by Crippen LogP contribution is -2.29. The summed E-state index contributed by atoms with van der Waals surface area (Å²) >= 11 is 0. The Hall–Kier alpha value is -3.44. The first-order chi connectivity index (χ1) is 14.8. The molecule has 0 fully saturated rings. The number of aliphatic hydroxyl groups excluding tert-OH is 1. The lowest BCUT2D eigenvalue weighted by Gasteiger charge is -2.13. The minimum Gasteiger partial charge on any atom is -0.481 e. The van der Waals surface area contributed by atoms with E-state index in [0.29, 0.717) is 6.42 Å². The van der Waals surface area contributed by atoms with E-state index in [1.54, 1.807) is 18.2 Å². The molecule has 0 aliphatic heterocycles. The summed E-state index contributed by atoms with van der Waals surface area (Å²) in [5, 5.41) is 21.2. The molecular formula is C26H31NO4. The fraction of sp³-hybridized carbons (Fsp3) is 0.231. The number of allylic oxidation sites excluding steroid dienone is 8. The number of carbonyl (C=O) groups excluding carboxylic acids is 1. The summed E-state index contributed by atoms with van der Waals surface area (Å²) in [6.07, 6.45) is 12.9. The first kappa shape index (κ1) is 25.6. The summed E-state index contributed by atoms with van der Waals surface area (Å²) in [6.45, 7) is 11.4. The van der Waals surface area contributed by atoms with Gasteiger partial charge in [-0.15, -0.1) is 0 Å². The first-order valence-corrected chi connectivity index (χ1v) is 10.1. The van der Waals surface area contributed by atoms with Gasteiger partial charge in [0.05, 0.1) is 6.61 Å². The highest BCUT2D eigenvalue weighted by Crippen LogP contribution is 2.19. The Morgan fingerprint density at radius 3 is 2.48 bits per heavy atom. The van der Waals surface area contributed by atoms with Crippen LogP contribution < -0.4 is 5.32 Å². The molecule has 0 heterocycles. The molecule has 0 aliphatic carbocycles. The maximum atomic E-state index is 12.2. The third kappa shape index (κ3) is 9.28. The van der Waals surface area contributed by atoms with E-state index in [9.17, 15) is 19.8 Å². The molecule has 1 aromatic rings. The topological polar surface area (TPSA) is 86.6 Å². The zero-order valence-electron chi connectivity index (χ0n) is 18.2. The van der Waals surface area contributed by atoms with Crippen LogP contribution in [0, 0.1) is 5.92 Å². The smallest absolute Gasteiger partial charge is 0.316 e. The van der Waals surface area contributed by atoms with Crippen LogP contribution in [0.1, 0.15) is 37.8 Å². The molecule has 31 heavy (non-hydrogen) atoms. The van der Waals surface area contributed by atoms with Crippen LogP contribution in [0.2, 0.25) is 0 Å². The summed E-state index contributed by atoms with van der Waals surface area (Å²) in [7, 11) is 0. The van der Waals surface area contributed by atoms with E-state index in [4.69, 9.17) is 0 Å². The molecule has 5 nitrogen and oxygen atoms in total. The van der Waals surface area contributed by atoms with Gasteiger partial charge in [0, 0.05) is 12.1 Å². The number of hydrogen-bond acceptors (Lipinski definition) is 3. The third-order valence-electron chi connectivity index (χ3n) is 4.47. The molecule has 0 saturated carbocycles. The van der Waals surface area contributed by atoms with Crippen LogP contribution in [0.15, 0.2) is 91.2 Å². The van der Waals surface area contributed by atoms with Crippen LogP contribution >= 0.6 is 0 Å². The largest absolute Gasteiger partial charge is 0.481 e. The molecule has 164 valence electrons. The van der Waals surface area contributed by atoms with Crippen LogP contribution in [-0.2, 0) is 16.2 Å². The number of aliphatic carboxylic acids is 1. The number of aliphatic hydroxyl groups is 1. The average Bonchev–Trinajstić information content (AvgIpc) is 2.75. The Balaban J connectivity index is 2.63. The summed E-state index contributed by atoms with van der Waals surface area (Å²) in [6, 6.07) is 7.63. The van der Waals surface area contributed by atoms with Crippen molar-refractivity contribution in [1.29, 1.82) is 0 Å². The monoisotopic (exact) mass is 421 g/mol. The molecule has 1 unspecified atom stereocenters. The van der Waals surface area contributed by atoms with Crippen LogP contribution in [0.4, 0.5) is 0 Å². The normalized spacial score (nSPS) is 13.1. The first-order valence-electron chi connectivity index (χ1n) is 10.1. The molecule has 0 radical (unpaired) electrons. The second kappa shape index (κ2) is 13.7. The Kier molecular flexibility index (Phi) is 11.3. The van der Waals surface area contributed by atoms with E-state index < -0.39 is 11.9 Å².